The highest BCUT2D eigenvalue weighted by Crippen LogP contribution is 2.35. The minimum atomic E-state index is -2.12. The monoisotopic (exact) mass is 828 g/mol. The number of rotatable bonds is 13. The first-order valence-electron chi connectivity index (χ1n) is 17.6. The minimum absolute atomic E-state index is 0.811. The predicted octanol–water partition coefficient (Wildman–Crippen LogP) is -11.9. The first-order chi connectivity index (χ1) is 26.5. The maximum atomic E-state index is 11.1. The van der Waals surface area contributed by atoms with E-state index >= 15 is 0 Å². The second kappa shape index (κ2) is 19.6. The van der Waals surface area contributed by atoms with Crippen molar-refractivity contribution in [3.05, 3.63) is 0 Å². The van der Waals surface area contributed by atoms with Gasteiger partial charge >= 0.3 is 0 Å². The maximum absolute atomic E-state index is 11.1. The molecule has 0 unspecified atom stereocenters. The number of hydrogen-bond donors (Lipinski definition) is 17. The molecule has 0 amide bonds. The van der Waals surface area contributed by atoms with Crippen molar-refractivity contribution in [3.63, 3.8) is 0 Å². The Morgan fingerprint density at radius 1 is 0.268 bits per heavy atom. The van der Waals surface area contributed by atoms with Crippen molar-refractivity contribution in [1.82, 2.24) is 0 Å². The molecule has 328 valence electrons. The van der Waals surface area contributed by atoms with E-state index in [9.17, 15) is 86.8 Å². The van der Waals surface area contributed by atoms with Crippen molar-refractivity contribution in [2.75, 3.05) is 33.0 Å². The fourth-order valence-corrected chi connectivity index (χ4v) is 7.03. The van der Waals surface area contributed by atoms with Gasteiger partial charge in [0, 0.05) is 0 Å². The summed E-state index contributed by atoms with van der Waals surface area (Å²) in [5.74, 6) is 0. The van der Waals surface area contributed by atoms with E-state index in [1.807, 2.05) is 0 Å². The average molecular weight is 829 g/mol. The second-order valence-corrected chi connectivity index (χ2v) is 13.9. The molecule has 5 saturated heterocycles. The van der Waals surface area contributed by atoms with Gasteiger partial charge in [-0.25, -0.2) is 0 Å². The Morgan fingerprint density at radius 2 is 0.518 bits per heavy atom. The molecule has 56 heavy (non-hydrogen) atoms. The molecular formula is C30H52O26. The van der Waals surface area contributed by atoms with Gasteiger partial charge in [-0.15, -0.1) is 0 Å². The van der Waals surface area contributed by atoms with Crippen LogP contribution in [0.2, 0.25) is 0 Å². The first kappa shape index (κ1) is 46.0. The topological polar surface area (TPSA) is 427 Å². The van der Waals surface area contributed by atoms with Crippen molar-refractivity contribution in [1.29, 1.82) is 0 Å². The van der Waals surface area contributed by atoms with E-state index in [-0.39, 0.29) is 0 Å². The molecule has 5 aliphatic rings. The van der Waals surface area contributed by atoms with E-state index in [0.29, 0.717) is 0 Å². The molecule has 26 nitrogen and oxygen atoms in total. The molecule has 5 fully saturated rings. The highest BCUT2D eigenvalue weighted by atomic mass is 16.8. The quantitative estimate of drug-likeness (QED) is 0.0819. The summed E-state index contributed by atoms with van der Waals surface area (Å²) in [6.45, 7) is -4.51. The lowest BCUT2D eigenvalue weighted by molar-refractivity contribution is -0.392. The maximum Gasteiger partial charge on any atom is 0.187 e. The highest BCUT2D eigenvalue weighted by Gasteiger charge is 2.56. The van der Waals surface area contributed by atoms with E-state index in [0.717, 1.165) is 0 Å². The Balaban J connectivity index is 1.22. The molecule has 0 aromatic heterocycles. The van der Waals surface area contributed by atoms with Gasteiger partial charge in [-0.2, -0.15) is 0 Å². The van der Waals surface area contributed by atoms with Gasteiger partial charge < -0.3 is 129 Å². The minimum Gasteiger partial charge on any atom is -0.394 e. The predicted molar refractivity (Wildman–Crippen MR) is 167 cm³/mol. The number of ether oxygens (including phenoxy) is 9. The van der Waals surface area contributed by atoms with Crippen molar-refractivity contribution in [2.45, 2.75) is 154 Å². The summed E-state index contributed by atoms with van der Waals surface area (Å²) in [7, 11) is 0. The van der Waals surface area contributed by atoms with Gasteiger partial charge in [-0.3, -0.25) is 0 Å². The van der Waals surface area contributed by atoms with Crippen LogP contribution in [0.25, 0.3) is 0 Å². The van der Waals surface area contributed by atoms with E-state index in [1.165, 1.54) is 0 Å². The Kier molecular flexibility index (Phi) is 16.1. The molecule has 5 heterocycles. The Morgan fingerprint density at radius 3 is 0.821 bits per heavy atom. The summed E-state index contributed by atoms with van der Waals surface area (Å²) in [5.41, 5.74) is 0. The molecule has 0 aromatic carbocycles. The lowest BCUT2D eigenvalue weighted by Crippen LogP contribution is -2.68. The second-order valence-electron chi connectivity index (χ2n) is 13.9. The zero-order chi connectivity index (χ0) is 41.3. The van der Waals surface area contributed by atoms with E-state index < -0.39 is 187 Å². The average Bonchev–Trinajstić information content (AvgIpc) is 3.19. The molecule has 0 aromatic rings. The van der Waals surface area contributed by atoms with Crippen LogP contribution in [0.15, 0.2) is 0 Å². The third-order valence-corrected chi connectivity index (χ3v) is 10.3. The van der Waals surface area contributed by atoms with E-state index in [2.05, 4.69) is 0 Å². The summed E-state index contributed by atoms with van der Waals surface area (Å²) in [4.78, 5) is 0. The summed E-state index contributed by atoms with van der Waals surface area (Å²) in [5, 5.41) is 176. The van der Waals surface area contributed by atoms with Crippen LogP contribution in [0.4, 0.5) is 0 Å². The fraction of sp³-hybridized carbons (Fsp3) is 1.00. The van der Waals surface area contributed by atoms with Crippen LogP contribution in [0, 0.1) is 0 Å². The van der Waals surface area contributed by atoms with E-state index in [1.54, 1.807) is 0 Å². The van der Waals surface area contributed by atoms with Gasteiger partial charge in [0.15, 0.2) is 31.5 Å². The van der Waals surface area contributed by atoms with Crippen LogP contribution in [0.5, 0.6) is 0 Å². The summed E-state index contributed by atoms with van der Waals surface area (Å²) < 4.78 is 49.1. The van der Waals surface area contributed by atoms with Crippen molar-refractivity contribution < 1.29 is 129 Å². The third kappa shape index (κ3) is 9.16. The molecule has 26 heteroatoms. The molecule has 5 aliphatic heterocycles. The SMILES string of the molecule is OC[C@H]1O[C@@H](O[C@H]2[C@H](O)[C@H](O)[C@H](O[C@H]3[C@H](O)[C@H](O)[C@H](O[C@H]4[C@H](O)[C@H](O)[C@H](O[C@H]5[C@H](O)[C@H](O)[C@@H](O)O[C@@H]5CO)O[C@@H]4CO)O[C@@H]3CO)O[C@@H]2CO)[C@@H](O)[C@@H](O)[C@@H]1O. The number of hydrogen-bond acceptors (Lipinski definition) is 26. The van der Waals surface area contributed by atoms with Crippen LogP contribution in [0.1, 0.15) is 0 Å². The molecule has 17 N–H and O–H groups in total. The normalized spacial score (nSPS) is 53.2. The Bertz CT molecular complexity index is 1200. The lowest BCUT2D eigenvalue weighted by Gasteiger charge is -2.49. The van der Waals surface area contributed by atoms with Gasteiger partial charge in [-0.1, -0.05) is 0 Å². The van der Waals surface area contributed by atoms with Crippen LogP contribution >= 0.6 is 0 Å². The van der Waals surface area contributed by atoms with Crippen molar-refractivity contribution in [3.8, 4) is 0 Å². The standard InChI is InChI=1S/C30H52O26/c31-1-6-11(36)12(37)18(43)27(49-6)54-23-8(3-33)51-29(20(45)14(23)39)56-25-10(5-35)52-30(21(46)16(25)41)55-24-9(4-34)50-28(19(44)15(24)40)53-22-7(2-32)48-26(47)17(42)13(22)38/h6-47H,1-5H2/t6-,7-,8-,9-,10-,11-,12+,13-,14-,15-,16-,17+,18+,19+,20+,21+,22-,23-,24-,25-,26+,27+,28+,29+,30+/m1/s1. The van der Waals surface area contributed by atoms with Gasteiger partial charge in [0.1, 0.15) is 122 Å². The van der Waals surface area contributed by atoms with Crippen molar-refractivity contribution in [2.24, 2.45) is 0 Å². The number of aliphatic hydroxyl groups excluding tert-OH is 17. The molecule has 25 atom stereocenters. The smallest absolute Gasteiger partial charge is 0.187 e. The third-order valence-electron chi connectivity index (χ3n) is 10.3. The van der Waals surface area contributed by atoms with Crippen molar-refractivity contribution >= 4 is 0 Å². The lowest BCUT2D eigenvalue weighted by atomic mass is 9.95. The Hall–Kier alpha value is -1.04. The zero-order valence-corrected chi connectivity index (χ0v) is 29.2. The molecule has 0 saturated carbocycles. The zero-order valence-electron chi connectivity index (χ0n) is 29.2. The largest absolute Gasteiger partial charge is 0.394 e. The molecule has 5 rings (SSSR count). The molecule has 0 aliphatic carbocycles. The van der Waals surface area contributed by atoms with E-state index in [4.69, 9.17) is 42.6 Å². The van der Waals surface area contributed by atoms with Crippen LogP contribution in [0.3, 0.4) is 0 Å². The van der Waals surface area contributed by atoms with Gasteiger partial charge in [0.2, 0.25) is 0 Å². The first-order valence-corrected chi connectivity index (χ1v) is 17.6. The number of aliphatic hydroxyl groups is 17. The molecule has 0 spiro atoms. The fourth-order valence-electron chi connectivity index (χ4n) is 7.03. The molecule has 0 bridgehead atoms. The van der Waals surface area contributed by atoms with Gasteiger partial charge in [0.05, 0.1) is 33.0 Å². The van der Waals surface area contributed by atoms with Gasteiger partial charge in [-0.05, 0) is 0 Å². The Labute approximate surface area is 316 Å². The summed E-state index contributed by atoms with van der Waals surface area (Å²) in [6.07, 6.45) is -45.8. The van der Waals surface area contributed by atoms with Crippen LogP contribution in [-0.2, 0) is 42.6 Å². The van der Waals surface area contributed by atoms with Crippen LogP contribution in [-0.4, -0.2) is 273 Å². The summed E-state index contributed by atoms with van der Waals surface area (Å²) in [6, 6.07) is 0. The van der Waals surface area contributed by atoms with Crippen LogP contribution < -0.4 is 0 Å². The molecule has 0 radical (unpaired) electrons. The molecular weight excluding hydrogens is 776 g/mol. The highest BCUT2D eigenvalue weighted by molar-refractivity contribution is 4.99. The van der Waals surface area contributed by atoms with Gasteiger partial charge in [0.25, 0.3) is 0 Å². The summed E-state index contributed by atoms with van der Waals surface area (Å²) >= 11 is 0.